The van der Waals surface area contributed by atoms with Crippen molar-refractivity contribution in [1.82, 2.24) is 0 Å². The zero-order valence-corrected chi connectivity index (χ0v) is 14.4. The van der Waals surface area contributed by atoms with Crippen LogP contribution in [0.3, 0.4) is 0 Å². The first kappa shape index (κ1) is 19.8. The lowest BCUT2D eigenvalue weighted by Crippen LogP contribution is -2.30. The second kappa shape index (κ2) is 8.56. The number of carbonyl (C=O) groups excluding carboxylic acids is 1. The fraction of sp³-hybridized carbons (Fsp3) is 0.562. The van der Waals surface area contributed by atoms with Gasteiger partial charge in [-0.05, 0) is 26.3 Å². The number of alkyl halides is 2. The highest BCUT2D eigenvalue weighted by atomic mass is 19.3. The van der Waals surface area contributed by atoms with Gasteiger partial charge in [0, 0.05) is 13.1 Å². The second-order valence-corrected chi connectivity index (χ2v) is 5.91. The van der Waals surface area contributed by atoms with E-state index < -0.39 is 24.7 Å². The van der Waals surface area contributed by atoms with Crippen LogP contribution in [0.25, 0.3) is 0 Å². The van der Waals surface area contributed by atoms with E-state index in [9.17, 15) is 13.6 Å². The van der Waals surface area contributed by atoms with E-state index in [1.807, 2.05) is 6.92 Å². The minimum atomic E-state index is -2.64. The molecule has 1 aromatic rings. The van der Waals surface area contributed by atoms with E-state index in [-0.39, 0.29) is 11.4 Å². The van der Waals surface area contributed by atoms with Gasteiger partial charge in [0.1, 0.15) is 18.0 Å². The molecule has 0 aliphatic rings. The summed E-state index contributed by atoms with van der Waals surface area (Å²) in [5.74, 6) is 0.0528. The summed E-state index contributed by atoms with van der Waals surface area (Å²) >= 11 is 0. The molecule has 0 radical (unpaired) electrons. The van der Waals surface area contributed by atoms with Gasteiger partial charge < -0.3 is 20.5 Å². The molecule has 0 aliphatic carbocycles. The van der Waals surface area contributed by atoms with Crippen molar-refractivity contribution in [2.24, 2.45) is 0 Å². The molecule has 0 saturated heterocycles. The number of hydrogen-bond acceptors (Lipinski definition) is 5. The highest BCUT2D eigenvalue weighted by molar-refractivity contribution is 5.90. The van der Waals surface area contributed by atoms with Crippen LogP contribution >= 0.6 is 0 Å². The van der Waals surface area contributed by atoms with E-state index >= 15 is 0 Å². The topological polar surface area (TPSA) is 85.6 Å². The number of benzene rings is 1. The maximum Gasteiger partial charge on any atom is 0.412 e. The third-order valence-corrected chi connectivity index (χ3v) is 3.24. The number of nitrogens with two attached hydrogens (primary N) is 1. The summed E-state index contributed by atoms with van der Waals surface area (Å²) < 4.78 is 35.2. The van der Waals surface area contributed by atoms with Gasteiger partial charge in [-0.25, -0.2) is 13.6 Å². The van der Waals surface area contributed by atoms with E-state index in [0.717, 1.165) is 6.42 Å². The largest absolute Gasteiger partial charge is 0.485 e. The fourth-order valence-electron chi connectivity index (χ4n) is 2.22. The lowest BCUT2D eigenvalue weighted by atomic mass is 10.0. The van der Waals surface area contributed by atoms with Crippen LogP contribution in [0.15, 0.2) is 12.1 Å². The highest BCUT2D eigenvalue weighted by Gasteiger charge is 2.23. The molecule has 8 heteroatoms. The minimum Gasteiger partial charge on any atom is -0.485 e. The molecule has 0 spiro atoms. The molecule has 0 saturated carbocycles. The Morgan fingerprint density at radius 3 is 2.54 bits per heavy atom. The molecular weight excluding hydrogens is 320 g/mol. The van der Waals surface area contributed by atoms with Gasteiger partial charge in [0.2, 0.25) is 0 Å². The van der Waals surface area contributed by atoms with Crippen molar-refractivity contribution < 1.29 is 23.0 Å². The van der Waals surface area contributed by atoms with Crippen molar-refractivity contribution in [2.45, 2.75) is 45.6 Å². The van der Waals surface area contributed by atoms with E-state index in [1.165, 1.54) is 12.1 Å². The van der Waals surface area contributed by atoms with Gasteiger partial charge in [-0.2, -0.15) is 0 Å². The van der Waals surface area contributed by atoms with Crippen LogP contribution in [0.1, 0.15) is 33.6 Å². The summed E-state index contributed by atoms with van der Waals surface area (Å²) in [6.07, 6.45) is -1.78. The molecule has 0 unspecified atom stereocenters. The van der Waals surface area contributed by atoms with Crippen molar-refractivity contribution in [3.05, 3.63) is 12.1 Å². The average Bonchev–Trinajstić information content (AvgIpc) is 2.46. The third kappa shape index (κ3) is 6.10. The quantitative estimate of drug-likeness (QED) is 0.618. The van der Waals surface area contributed by atoms with Gasteiger partial charge in [-0.15, -0.1) is 0 Å². The molecular formula is C16H25F2N3O3. The number of amides is 1. The molecule has 136 valence electrons. The van der Waals surface area contributed by atoms with E-state index in [2.05, 4.69) is 10.6 Å². The smallest absolute Gasteiger partial charge is 0.412 e. The number of nitrogens with one attached hydrogen (secondary N) is 2. The van der Waals surface area contributed by atoms with Crippen LogP contribution in [-0.4, -0.2) is 31.8 Å². The third-order valence-electron chi connectivity index (χ3n) is 3.24. The van der Waals surface area contributed by atoms with Crippen molar-refractivity contribution >= 4 is 23.2 Å². The molecule has 0 atom stereocenters. The van der Waals surface area contributed by atoms with Crippen LogP contribution < -0.4 is 21.1 Å². The van der Waals surface area contributed by atoms with Crippen molar-refractivity contribution in [2.75, 3.05) is 30.0 Å². The maximum atomic E-state index is 12.4. The summed E-state index contributed by atoms with van der Waals surface area (Å²) in [6.45, 7) is 4.78. The molecule has 4 N–H and O–H groups in total. The first-order chi connectivity index (χ1) is 11.2. The Kier molecular flexibility index (Phi) is 7.06. The van der Waals surface area contributed by atoms with Crippen molar-refractivity contribution in [3.8, 4) is 5.75 Å². The lowest BCUT2D eigenvalue weighted by molar-refractivity contribution is 0.0418. The minimum absolute atomic E-state index is 0.0528. The standard InChI is InChI=1S/C16H25F2N3O3/c1-5-6-16(2,3)24-15(22)21-12-8-11(20-4)10(19)7-13(12)23-9-14(17)18/h7-8,14,20H,5-6,9,19H2,1-4H3,(H,21,22). The number of nitrogen functional groups attached to an aromatic ring is 1. The van der Waals surface area contributed by atoms with Crippen LogP contribution in [-0.2, 0) is 4.74 Å². The summed E-state index contributed by atoms with van der Waals surface area (Å²) in [4.78, 5) is 12.1. The Morgan fingerprint density at radius 2 is 2.00 bits per heavy atom. The van der Waals surface area contributed by atoms with Gasteiger partial charge in [0.25, 0.3) is 6.43 Å². The van der Waals surface area contributed by atoms with Gasteiger partial charge in [0.15, 0.2) is 0 Å². The van der Waals surface area contributed by atoms with Crippen LogP contribution in [0.5, 0.6) is 5.75 Å². The fourth-order valence-corrected chi connectivity index (χ4v) is 2.22. The van der Waals surface area contributed by atoms with Gasteiger partial charge in [0.05, 0.1) is 17.1 Å². The summed E-state index contributed by atoms with van der Waals surface area (Å²) in [6, 6.07) is 2.88. The van der Waals surface area contributed by atoms with Gasteiger partial charge >= 0.3 is 6.09 Å². The van der Waals surface area contributed by atoms with Crippen molar-refractivity contribution in [3.63, 3.8) is 0 Å². The lowest BCUT2D eigenvalue weighted by Gasteiger charge is -2.25. The Balaban J connectivity index is 2.96. The van der Waals surface area contributed by atoms with E-state index in [1.54, 1.807) is 20.9 Å². The Bertz CT molecular complexity index is 566. The predicted octanol–water partition coefficient (Wildman–Crippen LogP) is 4.08. The van der Waals surface area contributed by atoms with Gasteiger partial charge in [-0.3, -0.25) is 5.32 Å². The zero-order valence-electron chi connectivity index (χ0n) is 14.4. The molecule has 24 heavy (non-hydrogen) atoms. The van der Waals surface area contributed by atoms with Crippen LogP contribution in [0.2, 0.25) is 0 Å². The second-order valence-electron chi connectivity index (χ2n) is 5.91. The zero-order chi connectivity index (χ0) is 18.3. The maximum absolute atomic E-state index is 12.4. The predicted molar refractivity (Wildman–Crippen MR) is 91.0 cm³/mol. The van der Waals surface area contributed by atoms with Crippen LogP contribution in [0.4, 0.5) is 30.6 Å². The molecule has 6 nitrogen and oxygen atoms in total. The molecule has 0 heterocycles. The summed E-state index contributed by atoms with van der Waals surface area (Å²) in [5, 5.41) is 5.37. The number of rotatable bonds is 8. The number of hydrogen-bond donors (Lipinski definition) is 3. The Hall–Kier alpha value is -2.25. The molecule has 0 aromatic heterocycles. The van der Waals surface area contributed by atoms with Crippen molar-refractivity contribution in [1.29, 1.82) is 0 Å². The molecule has 0 aliphatic heterocycles. The number of anilines is 3. The number of carbonyl (C=O) groups is 1. The number of ether oxygens (including phenoxy) is 2. The SMILES string of the molecule is CCCC(C)(C)OC(=O)Nc1cc(NC)c(N)cc1OCC(F)F. The molecule has 1 aromatic carbocycles. The Labute approximate surface area is 140 Å². The molecule has 1 rings (SSSR count). The van der Waals surface area contributed by atoms with E-state index in [0.29, 0.717) is 17.8 Å². The normalized spacial score (nSPS) is 11.3. The highest BCUT2D eigenvalue weighted by Crippen LogP contribution is 2.34. The summed E-state index contributed by atoms with van der Waals surface area (Å²) in [7, 11) is 1.65. The summed E-state index contributed by atoms with van der Waals surface area (Å²) in [5.41, 5.74) is 6.21. The first-order valence-electron chi connectivity index (χ1n) is 7.70. The Morgan fingerprint density at radius 1 is 1.33 bits per heavy atom. The van der Waals surface area contributed by atoms with E-state index in [4.69, 9.17) is 15.2 Å². The van der Waals surface area contributed by atoms with Crippen LogP contribution in [0, 0.1) is 0 Å². The molecule has 0 bridgehead atoms. The van der Waals surface area contributed by atoms with Gasteiger partial charge in [-0.1, -0.05) is 13.3 Å². The molecule has 0 fully saturated rings. The first-order valence-corrected chi connectivity index (χ1v) is 7.70. The number of halogens is 2. The molecule has 1 amide bonds. The monoisotopic (exact) mass is 345 g/mol. The average molecular weight is 345 g/mol.